The maximum Gasteiger partial charge on any atom is 0.240 e. The van der Waals surface area contributed by atoms with Crippen molar-refractivity contribution >= 4 is 27.5 Å². The molecule has 6 nitrogen and oxygen atoms in total. The van der Waals surface area contributed by atoms with Crippen molar-refractivity contribution in [3.05, 3.63) is 29.3 Å². The number of carbonyl (C=O) groups excluding carboxylic acids is 1. The third-order valence-electron chi connectivity index (χ3n) is 5.54. The molecule has 1 amide bonds. The molecule has 0 aromatic heterocycles. The van der Waals surface area contributed by atoms with Crippen LogP contribution in [0.15, 0.2) is 29.2 Å². The standard InChI is InChI=1S/C18H25ClN2O4S/c19-15-4-6-16(7-5-15)26(24,25)20-11-8-17(22)21-12-10-18(23)9-2-1-3-14(18)13-21/h4-7,14,20,23H,1-3,8-13H2/t14-,18-/m1/s1. The summed E-state index contributed by atoms with van der Waals surface area (Å²) >= 11 is 5.77. The van der Waals surface area contributed by atoms with Gasteiger partial charge >= 0.3 is 0 Å². The highest BCUT2D eigenvalue weighted by molar-refractivity contribution is 7.89. The van der Waals surface area contributed by atoms with Crippen molar-refractivity contribution in [3.8, 4) is 0 Å². The number of halogens is 1. The smallest absolute Gasteiger partial charge is 0.240 e. The Morgan fingerprint density at radius 1 is 1.27 bits per heavy atom. The minimum atomic E-state index is -3.65. The number of benzene rings is 1. The number of hydrogen-bond acceptors (Lipinski definition) is 4. The summed E-state index contributed by atoms with van der Waals surface area (Å²) in [5.41, 5.74) is -0.620. The highest BCUT2D eigenvalue weighted by atomic mass is 35.5. The number of carbonyl (C=O) groups is 1. The summed E-state index contributed by atoms with van der Waals surface area (Å²) in [5.74, 6) is 0.0659. The zero-order valence-electron chi connectivity index (χ0n) is 14.7. The molecular weight excluding hydrogens is 376 g/mol. The second-order valence-corrected chi connectivity index (χ2v) is 9.44. The van der Waals surface area contributed by atoms with Crippen molar-refractivity contribution in [3.63, 3.8) is 0 Å². The van der Waals surface area contributed by atoms with Crippen molar-refractivity contribution in [2.24, 2.45) is 5.92 Å². The van der Waals surface area contributed by atoms with Crippen LogP contribution in [0.5, 0.6) is 0 Å². The average Bonchev–Trinajstić information content (AvgIpc) is 2.61. The highest BCUT2D eigenvalue weighted by Gasteiger charge is 2.43. The highest BCUT2D eigenvalue weighted by Crippen LogP contribution is 2.39. The van der Waals surface area contributed by atoms with Crippen LogP contribution in [0.1, 0.15) is 38.5 Å². The summed E-state index contributed by atoms with van der Waals surface area (Å²) in [6.07, 6.45) is 4.63. The molecule has 1 saturated heterocycles. The molecule has 2 fully saturated rings. The number of fused-ring (bicyclic) bond motifs is 1. The zero-order valence-corrected chi connectivity index (χ0v) is 16.2. The van der Waals surface area contributed by atoms with Gasteiger partial charge in [0.25, 0.3) is 0 Å². The molecule has 1 aromatic rings. The Morgan fingerprint density at radius 2 is 2.00 bits per heavy atom. The molecule has 1 aliphatic heterocycles. The second kappa shape index (κ2) is 7.84. The van der Waals surface area contributed by atoms with Gasteiger partial charge in [-0.05, 0) is 43.5 Å². The van der Waals surface area contributed by atoms with E-state index < -0.39 is 15.6 Å². The van der Waals surface area contributed by atoms with E-state index >= 15 is 0 Å². The number of rotatable bonds is 5. The Balaban J connectivity index is 1.50. The van der Waals surface area contributed by atoms with Gasteiger partial charge in [-0.1, -0.05) is 24.4 Å². The third kappa shape index (κ3) is 4.39. The quantitative estimate of drug-likeness (QED) is 0.792. The molecule has 8 heteroatoms. The van der Waals surface area contributed by atoms with Gasteiger partial charge in [0, 0.05) is 37.0 Å². The largest absolute Gasteiger partial charge is 0.389 e. The molecule has 26 heavy (non-hydrogen) atoms. The zero-order chi connectivity index (χ0) is 18.8. The topological polar surface area (TPSA) is 86.7 Å². The maximum absolute atomic E-state index is 12.4. The summed E-state index contributed by atoms with van der Waals surface area (Å²) < 4.78 is 26.9. The van der Waals surface area contributed by atoms with Crippen molar-refractivity contribution in [2.45, 2.75) is 49.0 Å². The molecule has 2 aliphatic rings. The Labute approximate surface area is 159 Å². The molecule has 0 bridgehead atoms. The van der Waals surface area contributed by atoms with Gasteiger partial charge in [0.1, 0.15) is 0 Å². The first-order chi connectivity index (χ1) is 12.3. The van der Waals surface area contributed by atoms with Crippen molar-refractivity contribution in [2.75, 3.05) is 19.6 Å². The van der Waals surface area contributed by atoms with Crippen LogP contribution in [0.2, 0.25) is 5.02 Å². The van der Waals surface area contributed by atoms with E-state index in [4.69, 9.17) is 11.6 Å². The van der Waals surface area contributed by atoms with E-state index in [-0.39, 0.29) is 29.7 Å². The lowest BCUT2D eigenvalue weighted by Gasteiger charge is -2.47. The fourth-order valence-corrected chi connectivity index (χ4v) is 5.10. The van der Waals surface area contributed by atoms with Gasteiger partial charge in [-0.2, -0.15) is 0 Å². The van der Waals surface area contributed by atoms with Crippen LogP contribution in [0, 0.1) is 5.92 Å². The molecule has 1 saturated carbocycles. The van der Waals surface area contributed by atoms with Gasteiger partial charge in [-0.25, -0.2) is 13.1 Å². The van der Waals surface area contributed by atoms with Crippen LogP contribution in [-0.2, 0) is 14.8 Å². The van der Waals surface area contributed by atoms with E-state index in [0.717, 1.165) is 25.7 Å². The Bertz CT molecular complexity index is 753. The van der Waals surface area contributed by atoms with Crippen molar-refractivity contribution < 1.29 is 18.3 Å². The summed E-state index contributed by atoms with van der Waals surface area (Å²) in [7, 11) is -3.65. The van der Waals surface area contributed by atoms with Gasteiger partial charge in [0.2, 0.25) is 15.9 Å². The van der Waals surface area contributed by atoms with Gasteiger partial charge < -0.3 is 10.0 Å². The average molecular weight is 401 g/mol. The number of piperidine rings is 1. The molecule has 144 valence electrons. The van der Waals surface area contributed by atoms with E-state index in [1.807, 2.05) is 0 Å². The second-order valence-electron chi connectivity index (χ2n) is 7.24. The number of likely N-dealkylation sites (tertiary alicyclic amines) is 1. The van der Waals surface area contributed by atoms with E-state index in [1.54, 1.807) is 4.90 Å². The number of amides is 1. The van der Waals surface area contributed by atoms with Gasteiger partial charge in [0.15, 0.2) is 0 Å². The van der Waals surface area contributed by atoms with Crippen LogP contribution in [0.3, 0.4) is 0 Å². The van der Waals surface area contributed by atoms with Gasteiger partial charge in [-0.3, -0.25) is 4.79 Å². The fraction of sp³-hybridized carbons (Fsp3) is 0.611. The summed E-state index contributed by atoms with van der Waals surface area (Å²) in [6, 6.07) is 5.89. The lowest BCUT2D eigenvalue weighted by atomic mass is 9.71. The Hall–Kier alpha value is -1.15. The number of sulfonamides is 1. The van der Waals surface area contributed by atoms with E-state index in [9.17, 15) is 18.3 Å². The molecule has 0 spiro atoms. The Morgan fingerprint density at radius 3 is 2.73 bits per heavy atom. The molecular formula is C18H25ClN2O4S. The van der Waals surface area contributed by atoms with Crippen LogP contribution >= 0.6 is 11.6 Å². The number of hydrogen-bond donors (Lipinski definition) is 2. The van der Waals surface area contributed by atoms with Crippen molar-refractivity contribution in [1.82, 2.24) is 9.62 Å². The fourth-order valence-electron chi connectivity index (χ4n) is 3.94. The first-order valence-electron chi connectivity index (χ1n) is 9.06. The van der Waals surface area contributed by atoms with Gasteiger partial charge in [-0.15, -0.1) is 0 Å². The van der Waals surface area contributed by atoms with E-state index in [0.29, 0.717) is 24.5 Å². The van der Waals surface area contributed by atoms with E-state index in [1.165, 1.54) is 24.3 Å². The van der Waals surface area contributed by atoms with Crippen LogP contribution in [-0.4, -0.2) is 49.6 Å². The SMILES string of the molecule is O=C(CCNS(=O)(=O)c1ccc(Cl)cc1)N1CC[C@]2(O)CCCC[C@@H]2C1. The predicted molar refractivity (Wildman–Crippen MR) is 99.4 cm³/mol. The monoisotopic (exact) mass is 400 g/mol. The molecule has 1 heterocycles. The minimum Gasteiger partial charge on any atom is -0.389 e. The molecule has 1 aromatic carbocycles. The first kappa shape index (κ1) is 19.6. The lowest BCUT2D eigenvalue weighted by Crippen LogP contribution is -2.54. The molecule has 1 aliphatic carbocycles. The van der Waals surface area contributed by atoms with Crippen LogP contribution in [0.4, 0.5) is 0 Å². The van der Waals surface area contributed by atoms with Gasteiger partial charge in [0.05, 0.1) is 10.5 Å². The predicted octanol–water partition coefficient (Wildman–Crippen LogP) is 2.16. The van der Waals surface area contributed by atoms with Crippen LogP contribution in [0.25, 0.3) is 0 Å². The molecule has 0 radical (unpaired) electrons. The minimum absolute atomic E-state index is 0.0508. The number of nitrogens with zero attached hydrogens (tertiary/aromatic N) is 1. The van der Waals surface area contributed by atoms with E-state index in [2.05, 4.69) is 4.72 Å². The summed E-state index contributed by atoms with van der Waals surface area (Å²) in [4.78, 5) is 14.3. The summed E-state index contributed by atoms with van der Waals surface area (Å²) in [5, 5.41) is 11.1. The lowest BCUT2D eigenvalue weighted by molar-refractivity contribution is -0.143. The van der Waals surface area contributed by atoms with Crippen LogP contribution < -0.4 is 4.72 Å². The van der Waals surface area contributed by atoms with Crippen molar-refractivity contribution in [1.29, 1.82) is 0 Å². The third-order valence-corrected chi connectivity index (χ3v) is 7.26. The number of nitrogens with one attached hydrogen (secondary N) is 1. The summed E-state index contributed by atoms with van der Waals surface area (Å²) in [6.45, 7) is 1.16. The first-order valence-corrected chi connectivity index (χ1v) is 10.9. The normalized spacial score (nSPS) is 26.4. The number of aliphatic hydroxyl groups is 1. The molecule has 2 atom stereocenters. The molecule has 3 rings (SSSR count). The maximum atomic E-state index is 12.4. The Kier molecular flexibility index (Phi) is 5.91. The molecule has 2 N–H and O–H groups in total. The molecule has 0 unspecified atom stereocenters.